The van der Waals surface area contributed by atoms with Crippen LogP contribution in [0.1, 0.15) is 30.9 Å². The number of fused-ring (bicyclic) bond motifs is 1. The van der Waals surface area contributed by atoms with Gasteiger partial charge in [-0.1, -0.05) is 24.3 Å². The molecule has 1 aliphatic heterocycles. The molecular formula is C18H26N2O2. The Morgan fingerprint density at radius 1 is 1.27 bits per heavy atom. The van der Waals surface area contributed by atoms with Crippen molar-refractivity contribution in [3.63, 3.8) is 0 Å². The van der Waals surface area contributed by atoms with Gasteiger partial charge in [-0.15, -0.1) is 0 Å². The average Bonchev–Trinajstić information content (AvgIpc) is 2.95. The molecule has 0 unspecified atom stereocenters. The Kier molecular flexibility index (Phi) is 5.11. The summed E-state index contributed by atoms with van der Waals surface area (Å²) in [4.78, 5) is 14.6. The summed E-state index contributed by atoms with van der Waals surface area (Å²) in [6.45, 7) is 5.82. The van der Waals surface area contributed by atoms with Crippen LogP contribution in [0.5, 0.6) is 0 Å². The number of amides is 1. The van der Waals surface area contributed by atoms with Crippen molar-refractivity contribution in [2.24, 2.45) is 0 Å². The highest BCUT2D eigenvalue weighted by Crippen LogP contribution is 2.21. The van der Waals surface area contributed by atoms with Gasteiger partial charge in [-0.3, -0.25) is 9.69 Å². The summed E-state index contributed by atoms with van der Waals surface area (Å²) in [6.07, 6.45) is 3.48. The minimum atomic E-state index is 0.193. The molecule has 0 spiro atoms. The normalized spacial score (nSPS) is 20.6. The summed E-state index contributed by atoms with van der Waals surface area (Å²) in [7, 11) is 0. The summed E-state index contributed by atoms with van der Waals surface area (Å²) < 4.78 is 5.37. The lowest BCUT2D eigenvalue weighted by Gasteiger charge is -2.32. The number of carbonyl (C=O) groups excluding carboxylic acids is 1. The van der Waals surface area contributed by atoms with Crippen LogP contribution >= 0.6 is 0 Å². The predicted octanol–water partition coefficient (Wildman–Crippen LogP) is 1.77. The summed E-state index contributed by atoms with van der Waals surface area (Å²) in [5, 5.41) is 3.20. The minimum absolute atomic E-state index is 0.193. The maximum absolute atomic E-state index is 12.2. The average molecular weight is 302 g/mol. The van der Waals surface area contributed by atoms with Gasteiger partial charge in [0.05, 0.1) is 13.2 Å². The zero-order chi connectivity index (χ0) is 15.4. The first kappa shape index (κ1) is 15.5. The molecular weight excluding hydrogens is 276 g/mol. The molecule has 1 aliphatic carbocycles. The second-order valence-electron chi connectivity index (χ2n) is 6.48. The van der Waals surface area contributed by atoms with Crippen molar-refractivity contribution >= 4 is 5.91 Å². The molecule has 1 N–H and O–H groups in total. The number of carbonyl (C=O) groups is 1. The van der Waals surface area contributed by atoms with Crippen LogP contribution in [-0.2, 0) is 22.4 Å². The molecule has 2 aliphatic rings. The van der Waals surface area contributed by atoms with Crippen molar-refractivity contribution in [2.75, 3.05) is 26.3 Å². The number of rotatable bonds is 5. The number of nitrogens with zero attached hydrogens (tertiary/aromatic N) is 1. The number of hydrogen-bond donors (Lipinski definition) is 1. The van der Waals surface area contributed by atoms with E-state index in [-0.39, 0.29) is 11.9 Å². The molecule has 1 saturated heterocycles. The van der Waals surface area contributed by atoms with E-state index in [4.69, 9.17) is 4.74 Å². The van der Waals surface area contributed by atoms with E-state index < -0.39 is 0 Å². The smallest absolute Gasteiger partial charge is 0.220 e. The number of nitrogens with one attached hydrogen (secondary N) is 1. The quantitative estimate of drug-likeness (QED) is 0.901. The fourth-order valence-corrected chi connectivity index (χ4v) is 3.50. The van der Waals surface area contributed by atoms with Crippen molar-refractivity contribution in [1.82, 2.24) is 10.2 Å². The van der Waals surface area contributed by atoms with E-state index in [1.807, 2.05) is 0 Å². The lowest BCUT2D eigenvalue weighted by Crippen LogP contribution is -2.43. The Morgan fingerprint density at radius 3 is 2.55 bits per heavy atom. The Morgan fingerprint density at radius 2 is 1.91 bits per heavy atom. The zero-order valence-electron chi connectivity index (χ0n) is 13.4. The number of benzene rings is 1. The second-order valence-corrected chi connectivity index (χ2v) is 6.48. The van der Waals surface area contributed by atoms with Crippen LogP contribution in [0.3, 0.4) is 0 Å². The van der Waals surface area contributed by atoms with Crippen molar-refractivity contribution in [3.05, 3.63) is 35.4 Å². The van der Waals surface area contributed by atoms with Crippen molar-refractivity contribution in [1.29, 1.82) is 0 Å². The molecule has 3 rings (SSSR count). The Hall–Kier alpha value is -1.39. The Balaban J connectivity index is 1.40. The highest BCUT2D eigenvalue weighted by molar-refractivity contribution is 5.76. The third-order valence-corrected chi connectivity index (χ3v) is 4.87. The van der Waals surface area contributed by atoms with Crippen LogP contribution in [0.2, 0.25) is 0 Å². The molecule has 0 saturated carbocycles. The molecule has 1 aromatic carbocycles. The molecule has 0 radical (unpaired) electrons. The van der Waals surface area contributed by atoms with Crippen LogP contribution in [0.25, 0.3) is 0 Å². The molecule has 1 heterocycles. The Bertz CT molecular complexity index is 487. The molecule has 22 heavy (non-hydrogen) atoms. The van der Waals surface area contributed by atoms with Gasteiger partial charge in [0.15, 0.2) is 0 Å². The monoisotopic (exact) mass is 302 g/mol. The maximum atomic E-state index is 12.2. The van der Waals surface area contributed by atoms with Gasteiger partial charge in [-0.2, -0.15) is 0 Å². The van der Waals surface area contributed by atoms with Crippen LogP contribution in [0.4, 0.5) is 0 Å². The third-order valence-electron chi connectivity index (χ3n) is 4.87. The van der Waals surface area contributed by atoms with Gasteiger partial charge in [0.1, 0.15) is 0 Å². The lowest BCUT2D eigenvalue weighted by atomic mass is 10.1. The summed E-state index contributed by atoms with van der Waals surface area (Å²) in [5.41, 5.74) is 2.77. The van der Waals surface area contributed by atoms with E-state index >= 15 is 0 Å². The van der Waals surface area contributed by atoms with Gasteiger partial charge in [0.2, 0.25) is 5.91 Å². The first-order valence-electron chi connectivity index (χ1n) is 8.40. The highest BCUT2D eigenvalue weighted by atomic mass is 16.5. The summed E-state index contributed by atoms with van der Waals surface area (Å²) in [5.74, 6) is 0.193. The minimum Gasteiger partial charge on any atom is -0.379 e. The van der Waals surface area contributed by atoms with Gasteiger partial charge in [0.25, 0.3) is 0 Å². The molecule has 0 bridgehead atoms. The van der Waals surface area contributed by atoms with Gasteiger partial charge >= 0.3 is 0 Å². The van der Waals surface area contributed by atoms with Crippen LogP contribution in [0.15, 0.2) is 24.3 Å². The fourth-order valence-electron chi connectivity index (χ4n) is 3.50. The van der Waals surface area contributed by atoms with Gasteiger partial charge < -0.3 is 10.1 Å². The molecule has 0 aromatic heterocycles. The molecule has 1 aromatic rings. The standard InChI is InChI=1S/C18H26N2O2/c1-14(20-8-10-22-11-9-20)6-7-18(21)19-17-12-15-4-2-3-5-16(15)13-17/h2-5,14,17H,6-13H2,1H3,(H,19,21)/t14-/m1/s1. The fraction of sp³-hybridized carbons (Fsp3) is 0.611. The summed E-state index contributed by atoms with van der Waals surface area (Å²) in [6, 6.07) is 9.23. The predicted molar refractivity (Wildman–Crippen MR) is 86.9 cm³/mol. The van der Waals surface area contributed by atoms with Crippen molar-refractivity contribution in [3.8, 4) is 0 Å². The third kappa shape index (κ3) is 3.87. The van der Waals surface area contributed by atoms with Crippen molar-refractivity contribution in [2.45, 2.75) is 44.7 Å². The van der Waals surface area contributed by atoms with Gasteiger partial charge in [0, 0.05) is 31.6 Å². The first-order valence-corrected chi connectivity index (χ1v) is 8.40. The van der Waals surface area contributed by atoms with E-state index in [0.717, 1.165) is 45.6 Å². The van der Waals surface area contributed by atoms with Gasteiger partial charge in [-0.25, -0.2) is 0 Å². The van der Waals surface area contributed by atoms with E-state index in [2.05, 4.69) is 41.4 Å². The second kappa shape index (κ2) is 7.25. The Labute approximate surface area is 132 Å². The lowest BCUT2D eigenvalue weighted by molar-refractivity contribution is -0.122. The first-order chi connectivity index (χ1) is 10.7. The molecule has 4 heteroatoms. The molecule has 4 nitrogen and oxygen atoms in total. The van der Waals surface area contributed by atoms with E-state index in [1.165, 1.54) is 11.1 Å². The SMILES string of the molecule is C[C@H](CCC(=O)NC1Cc2ccccc2C1)N1CCOCC1. The topological polar surface area (TPSA) is 41.6 Å². The number of ether oxygens (including phenoxy) is 1. The van der Waals surface area contributed by atoms with Crippen LogP contribution in [0, 0.1) is 0 Å². The number of morpholine rings is 1. The van der Waals surface area contributed by atoms with Crippen molar-refractivity contribution < 1.29 is 9.53 Å². The number of hydrogen-bond acceptors (Lipinski definition) is 3. The van der Waals surface area contributed by atoms with Crippen LogP contribution in [-0.4, -0.2) is 49.2 Å². The highest BCUT2D eigenvalue weighted by Gasteiger charge is 2.23. The maximum Gasteiger partial charge on any atom is 0.220 e. The molecule has 1 fully saturated rings. The molecule has 120 valence electrons. The molecule has 1 amide bonds. The summed E-state index contributed by atoms with van der Waals surface area (Å²) >= 11 is 0. The molecule has 1 atom stereocenters. The van der Waals surface area contributed by atoms with Gasteiger partial charge in [-0.05, 0) is 37.3 Å². The van der Waals surface area contributed by atoms with E-state index in [0.29, 0.717) is 12.5 Å². The largest absolute Gasteiger partial charge is 0.379 e. The van der Waals surface area contributed by atoms with Crippen LogP contribution < -0.4 is 5.32 Å². The van der Waals surface area contributed by atoms with E-state index in [9.17, 15) is 4.79 Å². The van der Waals surface area contributed by atoms with E-state index in [1.54, 1.807) is 0 Å². The zero-order valence-corrected chi connectivity index (χ0v) is 13.4.